The molecule has 11 heteroatoms. The third kappa shape index (κ3) is 4.49. The van der Waals surface area contributed by atoms with Gasteiger partial charge in [-0.15, -0.1) is 0 Å². The smallest absolute Gasteiger partial charge is 0.187 e. The molecule has 3 aliphatic rings. The zero-order valence-corrected chi connectivity index (χ0v) is 16.8. The molecule has 0 spiro atoms. The number of aliphatic hydroxyl groups is 5. The molecule has 0 aliphatic carbocycles. The number of ether oxygens (including phenoxy) is 6. The van der Waals surface area contributed by atoms with E-state index >= 15 is 0 Å². The van der Waals surface area contributed by atoms with Gasteiger partial charge in [0, 0.05) is 12.7 Å². The first-order valence-electron chi connectivity index (χ1n) is 10.1. The Bertz CT molecular complexity index is 704. The number of methoxy groups -OCH3 is 1. The minimum atomic E-state index is -1.63. The number of fused-ring (bicyclic) bond motifs is 1. The summed E-state index contributed by atoms with van der Waals surface area (Å²) < 4.78 is 34.0. The zero-order valence-electron chi connectivity index (χ0n) is 16.8. The van der Waals surface area contributed by atoms with Gasteiger partial charge in [0.2, 0.25) is 0 Å². The van der Waals surface area contributed by atoms with E-state index in [4.69, 9.17) is 28.4 Å². The molecule has 0 saturated carbocycles. The molecule has 174 valence electrons. The quantitative estimate of drug-likeness (QED) is 0.343. The standard InChI is InChI=1S/C20H28O11/c1-26-19-15(25)17(31-20-14(24)13(23)12(22)10(7-21)28-20)16-11(29-19)8-27-18(30-16)9-5-3-2-4-6-9/h2-6,10-25H,7-8H2,1H3/t10?,11?,12-,13?,14+,15?,16-,17?,18?,19+,20+/m1/s1. The Morgan fingerprint density at radius 3 is 2.32 bits per heavy atom. The average molecular weight is 444 g/mol. The van der Waals surface area contributed by atoms with E-state index in [1.165, 1.54) is 7.11 Å². The van der Waals surface area contributed by atoms with E-state index in [9.17, 15) is 25.5 Å². The number of rotatable bonds is 5. The molecule has 11 atom stereocenters. The summed E-state index contributed by atoms with van der Waals surface area (Å²) in [5.41, 5.74) is 0.760. The second-order valence-electron chi connectivity index (χ2n) is 7.74. The Balaban J connectivity index is 1.55. The highest BCUT2D eigenvalue weighted by Crippen LogP contribution is 2.37. The van der Waals surface area contributed by atoms with E-state index in [1.807, 2.05) is 30.3 Å². The van der Waals surface area contributed by atoms with Crippen molar-refractivity contribution in [2.24, 2.45) is 0 Å². The van der Waals surface area contributed by atoms with Crippen molar-refractivity contribution < 1.29 is 54.0 Å². The van der Waals surface area contributed by atoms with Crippen molar-refractivity contribution in [3.63, 3.8) is 0 Å². The van der Waals surface area contributed by atoms with Crippen LogP contribution in [-0.2, 0) is 28.4 Å². The molecule has 3 aliphatic heterocycles. The second kappa shape index (κ2) is 9.73. The fourth-order valence-corrected chi connectivity index (χ4v) is 4.03. The van der Waals surface area contributed by atoms with Crippen molar-refractivity contribution in [1.29, 1.82) is 0 Å². The normalized spacial score (nSPS) is 45.8. The Labute approximate surface area is 178 Å². The van der Waals surface area contributed by atoms with Crippen molar-refractivity contribution in [2.75, 3.05) is 20.3 Å². The fourth-order valence-electron chi connectivity index (χ4n) is 4.03. The van der Waals surface area contributed by atoms with Gasteiger partial charge in [-0.3, -0.25) is 0 Å². The molecule has 0 aromatic heterocycles. The summed E-state index contributed by atoms with van der Waals surface area (Å²) in [5.74, 6) is 0. The molecule has 11 nitrogen and oxygen atoms in total. The molecule has 0 radical (unpaired) electrons. The molecular weight excluding hydrogens is 416 g/mol. The van der Waals surface area contributed by atoms with Gasteiger partial charge in [-0.1, -0.05) is 30.3 Å². The van der Waals surface area contributed by atoms with Crippen LogP contribution in [-0.4, -0.2) is 107 Å². The minimum Gasteiger partial charge on any atom is -0.394 e. The van der Waals surface area contributed by atoms with Crippen LogP contribution in [0.2, 0.25) is 0 Å². The highest BCUT2D eigenvalue weighted by atomic mass is 16.8. The Kier molecular flexibility index (Phi) is 7.20. The highest BCUT2D eigenvalue weighted by molar-refractivity contribution is 5.16. The van der Waals surface area contributed by atoms with E-state index in [0.717, 1.165) is 5.56 Å². The second-order valence-corrected chi connectivity index (χ2v) is 7.74. The molecule has 3 heterocycles. The number of hydrogen-bond acceptors (Lipinski definition) is 11. The van der Waals surface area contributed by atoms with Crippen molar-refractivity contribution in [3.8, 4) is 0 Å². The predicted molar refractivity (Wildman–Crippen MR) is 100 cm³/mol. The molecule has 0 bridgehead atoms. The molecule has 3 saturated heterocycles. The first-order valence-corrected chi connectivity index (χ1v) is 10.1. The van der Waals surface area contributed by atoms with Crippen molar-refractivity contribution in [3.05, 3.63) is 35.9 Å². The van der Waals surface area contributed by atoms with Crippen LogP contribution in [0.3, 0.4) is 0 Å². The van der Waals surface area contributed by atoms with Crippen LogP contribution in [0.5, 0.6) is 0 Å². The summed E-state index contributed by atoms with van der Waals surface area (Å²) in [5, 5.41) is 50.6. The van der Waals surface area contributed by atoms with Gasteiger partial charge in [0.25, 0.3) is 0 Å². The van der Waals surface area contributed by atoms with Gasteiger partial charge in [-0.05, 0) is 0 Å². The van der Waals surface area contributed by atoms with Crippen LogP contribution in [0.1, 0.15) is 11.9 Å². The maximum Gasteiger partial charge on any atom is 0.187 e. The molecule has 1 aromatic carbocycles. The summed E-state index contributed by atoms with van der Waals surface area (Å²) in [6, 6.07) is 9.19. The molecule has 1 aromatic rings. The maximum absolute atomic E-state index is 10.8. The van der Waals surface area contributed by atoms with Crippen LogP contribution >= 0.6 is 0 Å². The predicted octanol–water partition coefficient (Wildman–Crippen LogP) is -1.98. The summed E-state index contributed by atoms with van der Waals surface area (Å²) >= 11 is 0. The van der Waals surface area contributed by atoms with Gasteiger partial charge < -0.3 is 54.0 Å². The van der Waals surface area contributed by atoms with E-state index in [1.54, 1.807) is 0 Å². The SMILES string of the molecule is CO[C@H]1OC2COC(c3ccccc3)O[C@H]2C(O[C@@H]2OC(CO)[C@@H](O)C(O)[C@@H]2O)C1O. The lowest BCUT2D eigenvalue weighted by Gasteiger charge is -2.49. The fraction of sp³-hybridized carbons (Fsp3) is 0.700. The van der Waals surface area contributed by atoms with Gasteiger partial charge >= 0.3 is 0 Å². The number of benzene rings is 1. The lowest BCUT2D eigenvalue weighted by molar-refractivity contribution is -0.390. The third-order valence-electron chi connectivity index (χ3n) is 5.75. The maximum atomic E-state index is 10.8. The van der Waals surface area contributed by atoms with Crippen molar-refractivity contribution in [1.82, 2.24) is 0 Å². The molecular formula is C20H28O11. The van der Waals surface area contributed by atoms with Crippen LogP contribution in [0.15, 0.2) is 30.3 Å². The summed E-state index contributed by atoms with van der Waals surface area (Å²) in [7, 11) is 1.36. The molecule has 5 N–H and O–H groups in total. The molecule has 3 fully saturated rings. The third-order valence-corrected chi connectivity index (χ3v) is 5.75. The van der Waals surface area contributed by atoms with E-state index in [-0.39, 0.29) is 6.61 Å². The van der Waals surface area contributed by atoms with Gasteiger partial charge in [-0.25, -0.2) is 0 Å². The van der Waals surface area contributed by atoms with Gasteiger partial charge in [0.15, 0.2) is 18.9 Å². The van der Waals surface area contributed by atoms with Gasteiger partial charge in [0.1, 0.15) is 48.8 Å². The van der Waals surface area contributed by atoms with Crippen LogP contribution in [0.4, 0.5) is 0 Å². The summed E-state index contributed by atoms with van der Waals surface area (Å²) in [4.78, 5) is 0. The van der Waals surface area contributed by atoms with E-state index in [0.29, 0.717) is 0 Å². The molecule has 6 unspecified atom stereocenters. The topological polar surface area (TPSA) is 157 Å². The Morgan fingerprint density at radius 1 is 0.903 bits per heavy atom. The van der Waals surface area contributed by atoms with E-state index < -0.39 is 74.3 Å². The van der Waals surface area contributed by atoms with Crippen LogP contribution in [0.25, 0.3) is 0 Å². The molecule has 4 rings (SSSR count). The van der Waals surface area contributed by atoms with Crippen LogP contribution in [0, 0.1) is 0 Å². The first-order chi connectivity index (χ1) is 14.9. The van der Waals surface area contributed by atoms with Crippen LogP contribution < -0.4 is 0 Å². The zero-order chi connectivity index (χ0) is 22.1. The Morgan fingerprint density at radius 2 is 1.65 bits per heavy atom. The van der Waals surface area contributed by atoms with Crippen molar-refractivity contribution in [2.45, 2.75) is 67.7 Å². The number of aliphatic hydroxyl groups excluding tert-OH is 5. The first kappa shape index (κ1) is 23.0. The highest BCUT2D eigenvalue weighted by Gasteiger charge is 2.53. The van der Waals surface area contributed by atoms with Gasteiger partial charge in [-0.2, -0.15) is 0 Å². The lowest BCUT2D eigenvalue weighted by Crippen LogP contribution is -2.66. The summed E-state index contributed by atoms with van der Waals surface area (Å²) in [6.45, 7) is -0.473. The summed E-state index contributed by atoms with van der Waals surface area (Å²) in [6.07, 6.45) is -13.1. The van der Waals surface area contributed by atoms with Gasteiger partial charge in [0.05, 0.1) is 13.2 Å². The van der Waals surface area contributed by atoms with Crippen molar-refractivity contribution >= 4 is 0 Å². The Hall–Kier alpha value is -1.22. The largest absolute Gasteiger partial charge is 0.394 e. The molecule has 0 amide bonds. The molecule has 31 heavy (non-hydrogen) atoms. The van der Waals surface area contributed by atoms with E-state index in [2.05, 4.69) is 0 Å². The average Bonchev–Trinajstić information content (AvgIpc) is 2.80. The lowest BCUT2D eigenvalue weighted by atomic mass is 9.96. The number of hydrogen-bond donors (Lipinski definition) is 5. The monoisotopic (exact) mass is 444 g/mol. The minimum absolute atomic E-state index is 0.130.